The van der Waals surface area contributed by atoms with Gasteiger partial charge in [-0.05, 0) is 137 Å². The summed E-state index contributed by atoms with van der Waals surface area (Å²) in [4.78, 5) is 21.4. The lowest BCUT2D eigenvalue weighted by molar-refractivity contribution is -0.134. The van der Waals surface area contributed by atoms with Crippen LogP contribution in [0.2, 0.25) is 0 Å². The van der Waals surface area contributed by atoms with Gasteiger partial charge in [0.25, 0.3) is 12.9 Å². The van der Waals surface area contributed by atoms with Gasteiger partial charge in [0.1, 0.15) is 0 Å². The highest BCUT2D eigenvalue weighted by Gasteiger charge is 2.36. The second kappa shape index (κ2) is 24.9. The fourth-order valence-electron chi connectivity index (χ4n) is 7.88. The minimum atomic E-state index is 0.0951. The lowest BCUT2D eigenvalue weighted by atomic mass is 9.63. The number of rotatable bonds is 17. The van der Waals surface area contributed by atoms with Gasteiger partial charge in [-0.1, -0.05) is 99.4 Å². The molecule has 5 nitrogen and oxygen atoms in total. The molecule has 0 aromatic heterocycles. The molecule has 2 aliphatic rings. The van der Waals surface area contributed by atoms with Crippen LogP contribution in [-0.4, -0.2) is 37.9 Å². The topological polar surface area (TPSA) is 72.8 Å². The number of aryl methyl sites for hydroxylation is 1. The molecule has 1 N–H and O–H groups in total. The number of carbonyl (C=O) groups excluding carboxylic acids is 2. The van der Waals surface area contributed by atoms with Crippen LogP contribution in [0.5, 0.6) is 0 Å². The zero-order chi connectivity index (χ0) is 36.7. The number of carbonyl (C=O) groups is 2. The van der Waals surface area contributed by atoms with Crippen molar-refractivity contribution in [1.82, 2.24) is 0 Å². The Bertz CT molecular complexity index is 1210. The number of benzene rings is 2. The molecule has 2 aromatic rings. The summed E-state index contributed by atoms with van der Waals surface area (Å²) in [5, 5.41) is 8.04. The molecule has 0 spiro atoms. The van der Waals surface area contributed by atoms with E-state index in [4.69, 9.17) is 14.6 Å². The maximum atomic E-state index is 10.7. The van der Waals surface area contributed by atoms with E-state index in [1.807, 2.05) is 13.8 Å². The maximum absolute atomic E-state index is 10.7. The van der Waals surface area contributed by atoms with E-state index in [0.717, 1.165) is 23.8 Å². The molecule has 0 heterocycles. The molecule has 0 bridgehead atoms. The second-order valence-electron chi connectivity index (χ2n) is 15.2. The number of unbranched alkanes of at least 4 members (excludes halogenated alkanes) is 2. The second-order valence-corrected chi connectivity index (χ2v) is 15.2. The highest BCUT2D eigenvalue weighted by atomic mass is 16.5. The molecular weight excluding hydrogens is 620 g/mol. The monoisotopic (exact) mass is 689 g/mol. The highest BCUT2D eigenvalue weighted by Crippen LogP contribution is 2.47. The smallest absolute Gasteiger partial charge is 0.293 e. The van der Waals surface area contributed by atoms with Crippen molar-refractivity contribution in [3.63, 3.8) is 0 Å². The van der Waals surface area contributed by atoms with E-state index >= 15 is 0 Å². The molecule has 50 heavy (non-hydrogen) atoms. The Labute approximate surface area is 304 Å². The molecule has 2 aliphatic carbocycles. The number of allylic oxidation sites excluding steroid dienone is 1. The van der Waals surface area contributed by atoms with Crippen LogP contribution >= 0.6 is 0 Å². The van der Waals surface area contributed by atoms with Gasteiger partial charge in [0.2, 0.25) is 0 Å². The molecule has 0 radical (unpaired) electrons. The van der Waals surface area contributed by atoms with Gasteiger partial charge < -0.3 is 14.6 Å². The summed E-state index contributed by atoms with van der Waals surface area (Å²) in [6, 6.07) is 18.6. The third-order valence-electron chi connectivity index (χ3n) is 10.6. The van der Waals surface area contributed by atoms with E-state index in [2.05, 4.69) is 75.5 Å². The van der Waals surface area contributed by atoms with Crippen molar-refractivity contribution >= 4 is 12.9 Å². The molecule has 2 aromatic carbocycles. The molecule has 3 atom stereocenters. The van der Waals surface area contributed by atoms with Crippen molar-refractivity contribution in [1.29, 1.82) is 0 Å². The van der Waals surface area contributed by atoms with Crippen molar-refractivity contribution < 1.29 is 24.2 Å². The van der Waals surface area contributed by atoms with Gasteiger partial charge >= 0.3 is 0 Å². The Morgan fingerprint density at radius 3 is 1.78 bits per heavy atom. The largest absolute Gasteiger partial charge is 0.467 e. The summed E-state index contributed by atoms with van der Waals surface area (Å²) in [5.74, 6) is 3.80. The lowest BCUT2D eigenvalue weighted by Gasteiger charge is -2.42. The summed E-state index contributed by atoms with van der Waals surface area (Å²) < 4.78 is 10.1. The summed E-state index contributed by atoms with van der Waals surface area (Å²) in [5.41, 5.74) is 7.58. The van der Waals surface area contributed by atoms with Crippen molar-refractivity contribution in [2.45, 2.75) is 124 Å². The van der Waals surface area contributed by atoms with Crippen LogP contribution in [0.25, 0.3) is 11.1 Å². The Kier molecular flexibility index (Phi) is 21.4. The summed E-state index contributed by atoms with van der Waals surface area (Å²) >= 11 is 0. The first kappa shape index (κ1) is 43.0. The van der Waals surface area contributed by atoms with Gasteiger partial charge in [-0.2, -0.15) is 0 Å². The summed E-state index contributed by atoms with van der Waals surface area (Å²) in [7, 11) is 0. The zero-order valence-corrected chi connectivity index (χ0v) is 32.0. The lowest BCUT2D eigenvalue weighted by Crippen LogP contribution is -2.32. The molecule has 4 rings (SSSR count). The van der Waals surface area contributed by atoms with Crippen LogP contribution < -0.4 is 0 Å². The number of hydrogen-bond acceptors (Lipinski definition) is 5. The van der Waals surface area contributed by atoms with E-state index in [1.54, 1.807) is 6.92 Å². The predicted molar refractivity (Wildman–Crippen MR) is 209 cm³/mol. The Hall–Kier alpha value is -3.18. The molecule has 3 unspecified atom stereocenters. The number of aliphatic hydroxyl groups is 1. The molecule has 5 heteroatoms. The number of ether oxygens (including phenoxy) is 2. The van der Waals surface area contributed by atoms with Gasteiger partial charge in [0, 0.05) is 5.92 Å². The highest BCUT2D eigenvalue weighted by molar-refractivity contribution is 5.64. The van der Waals surface area contributed by atoms with Gasteiger partial charge in [-0.15, -0.1) is 6.58 Å². The predicted octanol–water partition coefficient (Wildman–Crippen LogP) is 11.3. The fourth-order valence-corrected chi connectivity index (χ4v) is 7.88. The number of aliphatic hydroxyl groups excluding tert-OH is 1. The number of hydrogen-bond donors (Lipinski definition) is 1. The van der Waals surface area contributed by atoms with Crippen molar-refractivity contribution in [2.24, 2.45) is 29.6 Å². The van der Waals surface area contributed by atoms with Crippen LogP contribution in [-0.2, 0) is 25.5 Å². The first-order valence-corrected chi connectivity index (χ1v) is 19.3. The minimum Gasteiger partial charge on any atom is -0.467 e. The normalized spacial score (nSPS) is 21.5. The fraction of sp³-hybridized carbons (Fsp3) is 0.600. The molecule has 278 valence electrons. The van der Waals surface area contributed by atoms with E-state index in [1.165, 1.54) is 105 Å². The van der Waals surface area contributed by atoms with E-state index in [0.29, 0.717) is 43.9 Å². The Morgan fingerprint density at radius 1 is 0.780 bits per heavy atom. The Balaban J connectivity index is 0.000000857. The van der Waals surface area contributed by atoms with Crippen LogP contribution in [0.3, 0.4) is 0 Å². The van der Waals surface area contributed by atoms with Crippen LogP contribution in [0.4, 0.5) is 0 Å². The molecule has 0 saturated heterocycles. The molecule has 0 aliphatic heterocycles. The van der Waals surface area contributed by atoms with E-state index in [9.17, 15) is 9.59 Å². The molecule has 2 fully saturated rings. The van der Waals surface area contributed by atoms with Gasteiger partial charge in [-0.3, -0.25) is 9.59 Å². The first-order valence-electron chi connectivity index (χ1n) is 19.3. The minimum absolute atomic E-state index is 0.0951. The Morgan fingerprint density at radius 2 is 1.30 bits per heavy atom. The average molecular weight is 689 g/mol. The zero-order valence-electron chi connectivity index (χ0n) is 32.0. The third kappa shape index (κ3) is 16.2. The third-order valence-corrected chi connectivity index (χ3v) is 10.6. The molecule has 0 amide bonds. The van der Waals surface area contributed by atoms with E-state index < -0.39 is 0 Å². The van der Waals surface area contributed by atoms with E-state index in [-0.39, 0.29) is 12.5 Å². The van der Waals surface area contributed by atoms with Crippen molar-refractivity contribution in [3.8, 4) is 11.1 Å². The standard InChI is InChI=1S/C37H52O4.C4H8O.C4H8/c1-3-5-6-7-28-8-10-31(11-9-28)32-12-14-33(15-13-32)34-16-18-35(19-17-34)37-21-20-36(30(4-2)23-37)22-29(24-40-26-38)25-41-27-39;1-4(2)3-5;1-4(2)3/h8-15,26-27,29-30,34-37H,3-7,16-25H2,1-2H3;5H,1,3H2,2H3;1H2,2-3H3. The van der Waals surface area contributed by atoms with Crippen molar-refractivity contribution in [3.05, 3.63) is 84.0 Å². The summed E-state index contributed by atoms with van der Waals surface area (Å²) in [6.45, 7) is 19.1. The van der Waals surface area contributed by atoms with Gasteiger partial charge in [0.05, 0.1) is 19.8 Å². The van der Waals surface area contributed by atoms with Crippen LogP contribution in [0.1, 0.15) is 129 Å². The van der Waals surface area contributed by atoms with Crippen LogP contribution in [0.15, 0.2) is 72.8 Å². The SMILES string of the molecule is C=C(C)C.C=C(C)CO.CCCCCc1ccc(-c2ccc(C3CCC(C4CCC(CC(COC=O)COC=O)C(CC)C4)CC3)cc2)cc1. The van der Waals surface area contributed by atoms with Crippen LogP contribution in [0, 0.1) is 29.6 Å². The van der Waals surface area contributed by atoms with Crippen molar-refractivity contribution in [2.75, 3.05) is 19.8 Å². The van der Waals surface area contributed by atoms with Gasteiger partial charge in [0.15, 0.2) is 0 Å². The van der Waals surface area contributed by atoms with Gasteiger partial charge in [-0.25, -0.2) is 0 Å². The molecule has 2 saturated carbocycles. The summed E-state index contributed by atoms with van der Waals surface area (Å²) in [6.07, 6.45) is 16.4. The maximum Gasteiger partial charge on any atom is 0.293 e. The first-order chi connectivity index (χ1) is 24.1. The molecular formula is C45H68O5. The average Bonchev–Trinajstić information content (AvgIpc) is 3.13. The quantitative estimate of drug-likeness (QED) is 0.102.